The summed E-state index contributed by atoms with van der Waals surface area (Å²) in [4.78, 5) is 10.8. The van der Waals surface area contributed by atoms with Gasteiger partial charge in [0.1, 0.15) is 0 Å². The Hall–Kier alpha value is -0.780. The molecule has 0 aliphatic carbocycles. The Kier molecular flexibility index (Phi) is 5.45. The molecule has 1 rings (SSSR count). The van der Waals surface area contributed by atoms with Gasteiger partial charge in [-0.1, -0.05) is 12.1 Å². The molecule has 0 radical (unpaired) electrons. The molecule has 0 saturated heterocycles. The van der Waals surface area contributed by atoms with Crippen LogP contribution in [0.2, 0.25) is 0 Å². The summed E-state index contributed by atoms with van der Waals surface area (Å²) in [6, 6.07) is 8.06. The van der Waals surface area contributed by atoms with Crippen molar-refractivity contribution < 1.29 is 9.53 Å². The SMILES string of the molecule is COC(=O)CCCNc1ccccc1I. The summed E-state index contributed by atoms with van der Waals surface area (Å²) in [7, 11) is 1.41. The van der Waals surface area contributed by atoms with E-state index in [9.17, 15) is 4.79 Å². The van der Waals surface area contributed by atoms with Crippen LogP contribution in [0.3, 0.4) is 0 Å². The van der Waals surface area contributed by atoms with E-state index in [1.807, 2.05) is 24.3 Å². The minimum Gasteiger partial charge on any atom is -0.469 e. The van der Waals surface area contributed by atoms with Crippen LogP contribution in [-0.4, -0.2) is 19.6 Å². The number of anilines is 1. The topological polar surface area (TPSA) is 38.3 Å². The van der Waals surface area contributed by atoms with E-state index in [1.165, 1.54) is 10.7 Å². The number of esters is 1. The van der Waals surface area contributed by atoms with Crippen molar-refractivity contribution in [1.29, 1.82) is 0 Å². The molecule has 0 amide bonds. The number of benzene rings is 1. The van der Waals surface area contributed by atoms with Crippen molar-refractivity contribution in [3.8, 4) is 0 Å². The largest absolute Gasteiger partial charge is 0.469 e. The Bertz CT molecular complexity index is 328. The number of hydrogen-bond acceptors (Lipinski definition) is 3. The van der Waals surface area contributed by atoms with Crippen LogP contribution in [0.15, 0.2) is 24.3 Å². The molecule has 0 fully saturated rings. The van der Waals surface area contributed by atoms with Gasteiger partial charge in [-0.25, -0.2) is 0 Å². The number of ether oxygens (including phenoxy) is 1. The van der Waals surface area contributed by atoms with E-state index in [4.69, 9.17) is 0 Å². The zero-order chi connectivity index (χ0) is 11.1. The summed E-state index contributed by atoms with van der Waals surface area (Å²) in [5.74, 6) is -0.153. The van der Waals surface area contributed by atoms with E-state index in [1.54, 1.807) is 0 Å². The monoisotopic (exact) mass is 319 g/mol. The highest BCUT2D eigenvalue weighted by molar-refractivity contribution is 14.1. The van der Waals surface area contributed by atoms with Gasteiger partial charge in [-0.05, 0) is 41.1 Å². The third kappa shape index (κ3) is 4.51. The van der Waals surface area contributed by atoms with E-state index in [0.29, 0.717) is 6.42 Å². The fourth-order valence-corrected chi connectivity index (χ4v) is 1.74. The summed E-state index contributed by atoms with van der Waals surface area (Å²) in [6.45, 7) is 0.787. The van der Waals surface area contributed by atoms with Gasteiger partial charge in [0.15, 0.2) is 0 Å². The highest BCUT2D eigenvalue weighted by atomic mass is 127. The summed E-state index contributed by atoms with van der Waals surface area (Å²) in [6.07, 6.45) is 1.25. The van der Waals surface area contributed by atoms with Crippen molar-refractivity contribution in [3.63, 3.8) is 0 Å². The maximum atomic E-state index is 10.8. The first-order valence-corrected chi connectivity index (χ1v) is 5.87. The van der Waals surface area contributed by atoms with E-state index < -0.39 is 0 Å². The molecule has 82 valence electrons. The molecule has 1 N–H and O–H groups in total. The van der Waals surface area contributed by atoms with E-state index in [-0.39, 0.29) is 5.97 Å². The molecule has 3 nitrogen and oxygen atoms in total. The maximum absolute atomic E-state index is 10.8. The van der Waals surface area contributed by atoms with Gasteiger partial charge in [0.2, 0.25) is 0 Å². The molecule has 0 aliphatic rings. The number of rotatable bonds is 5. The van der Waals surface area contributed by atoms with Crippen LogP contribution in [0.25, 0.3) is 0 Å². The smallest absolute Gasteiger partial charge is 0.305 e. The lowest BCUT2D eigenvalue weighted by Crippen LogP contribution is -2.07. The second-order valence-electron chi connectivity index (χ2n) is 3.09. The Labute approximate surface area is 103 Å². The molecular formula is C11H14INO2. The van der Waals surface area contributed by atoms with Crippen molar-refractivity contribution >= 4 is 34.2 Å². The number of carbonyl (C=O) groups is 1. The van der Waals surface area contributed by atoms with Crippen LogP contribution >= 0.6 is 22.6 Å². The number of para-hydroxylation sites is 1. The lowest BCUT2D eigenvalue weighted by molar-refractivity contribution is -0.140. The fourth-order valence-electron chi connectivity index (χ4n) is 1.16. The quantitative estimate of drug-likeness (QED) is 0.515. The van der Waals surface area contributed by atoms with Crippen LogP contribution < -0.4 is 5.32 Å². The van der Waals surface area contributed by atoms with Gasteiger partial charge in [-0.3, -0.25) is 4.79 Å². The lowest BCUT2D eigenvalue weighted by atomic mass is 10.3. The number of hydrogen-bond donors (Lipinski definition) is 1. The van der Waals surface area contributed by atoms with Crippen molar-refractivity contribution in [2.45, 2.75) is 12.8 Å². The van der Waals surface area contributed by atoms with Gasteiger partial charge in [-0.15, -0.1) is 0 Å². The van der Waals surface area contributed by atoms with E-state index in [2.05, 4.69) is 32.6 Å². The molecular weight excluding hydrogens is 305 g/mol. The van der Waals surface area contributed by atoms with Crippen LogP contribution in [-0.2, 0) is 9.53 Å². The molecule has 15 heavy (non-hydrogen) atoms. The van der Waals surface area contributed by atoms with Crippen molar-refractivity contribution in [2.75, 3.05) is 19.0 Å². The Morgan fingerprint density at radius 1 is 1.47 bits per heavy atom. The summed E-state index contributed by atoms with van der Waals surface area (Å²) in [5.41, 5.74) is 1.11. The van der Waals surface area contributed by atoms with Crippen LogP contribution in [0.4, 0.5) is 5.69 Å². The molecule has 1 aromatic carbocycles. The van der Waals surface area contributed by atoms with Gasteiger partial charge in [0.25, 0.3) is 0 Å². The Morgan fingerprint density at radius 3 is 2.87 bits per heavy atom. The lowest BCUT2D eigenvalue weighted by Gasteiger charge is -2.07. The number of halogens is 1. The summed E-state index contributed by atoms with van der Waals surface area (Å²) in [5, 5.41) is 3.28. The number of methoxy groups -OCH3 is 1. The number of nitrogens with one attached hydrogen (secondary N) is 1. The standard InChI is InChI=1S/C11H14INO2/c1-15-11(14)7-4-8-13-10-6-3-2-5-9(10)12/h2-3,5-6,13H,4,7-8H2,1H3. The number of carbonyl (C=O) groups excluding carboxylic acids is 1. The van der Waals surface area contributed by atoms with Crippen molar-refractivity contribution in [3.05, 3.63) is 27.8 Å². The van der Waals surface area contributed by atoms with Crippen molar-refractivity contribution in [2.24, 2.45) is 0 Å². The first-order chi connectivity index (χ1) is 7.24. The molecule has 0 spiro atoms. The van der Waals surface area contributed by atoms with Crippen LogP contribution in [0, 0.1) is 3.57 Å². The average molecular weight is 319 g/mol. The molecule has 0 bridgehead atoms. The normalized spacial score (nSPS) is 9.73. The predicted octanol–water partition coefficient (Wildman–Crippen LogP) is 2.66. The van der Waals surface area contributed by atoms with Gasteiger partial charge in [0, 0.05) is 22.2 Å². The molecule has 0 saturated carbocycles. The van der Waals surface area contributed by atoms with E-state index in [0.717, 1.165) is 18.7 Å². The predicted molar refractivity (Wildman–Crippen MR) is 68.9 cm³/mol. The molecule has 0 atom stereocenters. The molecule has 0 aromatic heterocycles. The zero-order valence-corrected chi connectivity index (χ0v) is 10.8. The minimum absolute atomic E-state index is 0.153. The molecule has 0 heterocycles. The Balaban J connectivity index is 2.26. The summed E-state index contributed by atoms with van der Waals surface area (Å²) >= 11 is 2.28. The highest BCUT2D eigenvalue weighted by Gasteiger charge is 2.00. The maximum Gasteiger partial charge on any atom is 0.305 e. The van der Waals surface area contributed by atoms with E-state index >= 15 is 0 Å². The molecule has 0 aliphatic heterocycles. The van der Waals surface area contributed by atoms with Gasteiger partial charge in [-0.2, -0.15) is 0 Å². The second kappa shape index (κ2) is 6.66. The first-order valence-electron chi connectivity index (χ1n) is 4.79. The van der Waals surface area contributed by atoms with Gasteiger partial charge in [0.05, 0.1) is 7.11 Å². The first kappa shape index (κ1) is 12.3. The third-order valence-electron chi connectivity index (χ3n) is 1.97. The second-order valence-corrected chi connectivity index (χ2v) is 4.25. The zero-order valence-electron chi connectivity index (χ0n) is 8.63. The third-order valence-corrected chi connectivity index (χ3v) is 2.92. The summed E-state index contributed by atoms with van der Waals surface area (Å²) < 4.78 is 5.75. The Morgan fingerprint density at radius 2 is 2.20 bits per heavy atom. The highest BCUT2D eigenvalue weighted by Crippen LogP contribution is 2.16. The minimum atomic E-state index is -0.153. The fraction of sp³-hybridized carbons (Fsp3) is 0.364. The average Bonchev–Trinajstić information content (AvgIpc) is 2.26. The molecule has 1 aromatic rings. The van der Waals surface area contributed by atoms with Crippen molar-refractivity contribution in [1.82, 2.24) is 0 Å². The molecule has 0 unspecified atom stereocenters. The molecule has 4 heteroatoms. The van der Waals surface area contributed by atoms with Crippen LogP contribution in [0.1, 0.15) is 12.8 Å². The van der Waals surface area contributed by atoms with Gasteiger partial charge >= 0.3 is 5.97 Å². The van der Waals surface area contributed by atoms with Crippen LogP contribution in [0.5, 0.6) is 0 Å². The van der Waals surface area contributed by atoms with Gasteiger partial charge < -0.3 is 10.1 Å².